The summed E-state index contributed by atoms with van der Waals surface area (Å²) in [5.74, 6) is -0.212. The van der Waals surface area contributed by atoms with Crippen molar-refractivity contribution in [1.82, 2.24) is 9.88 Å². The third-order valence-corrected chi connectivity index (χ3v) is 9.85. The second-order valence-electron chi connectivity index (χ2n) is 10.5. The molecule has 3 aromatic rings. The van der Waals surface area contributed by atoms with Crippen molar-refractivity contribution in [2.24, 2.45) is 5.92 Å². The Morgan fingerprint density at radius 2 is 1.95 bits per heavy atom. The Balaban J connectivity index is 1.27. The van der Waals surface area contributed by atoms with Crippen molar-refractivity contribution in [1.29, 1.82) is 0 Å². The van der Waals surface area contributed by atoms with Crippen LogP contribution < -0.4 is 9.64 Å². The SMILES string of the molecule is Cc1cc(CN2CC[S+]([O-])CC2)ccc1COc1ccccc1-c1csc(N2CCC(C(=O)O)CC2C(F)(F)F)n1. The fourth-order valence-corrected chi connectivity index (χ4v) is 7.35. The minimum absolute atomic E-state index is 0.0290. The molecule has 2 atom stereocenters. The Bertz CT molecular complexity index is 1360. The molecule has 1 N–H and O–H groups in total. The summed E-state index contributed by atoms with van der Waals surface area (Å²) in [6.07, 6.45) is -4.93. The smallest absolute Gasteiger partial charge is 0.408 e. The maximum atomic E-state index is 13.9. The summed E-state index contributed by atoms with van der Waals surface area (Å²) < 4.78 is 59.4. The van der Waals surface area contributed by atoms with Crippen molar-refractivity contribution >= 4 is 33.6 Å². The van der Waals surface area contributed by atoms with Gasteiger partial charge in [0.05, 0.1) is 11.6 Å². The van der Waals surface area contributed by atoms with Crippen LogP contribution in [0.15, 0.2) is 47.8 Å². The number of nitrogens with zero attached hydrogens (tertiary/aromatic N) is 3. The molecule has 0 aliphatic carbocycles. The fraction of sp³-hybridized carbons (Fsp3) is 0.448. The van der Waals surface area contributed by atoms with E-state index in [1.54, 1.807) is 5.38 Å². The molecule has 1 aromatic heterocycles. The molecule has 3 heterocycles. The highest BCUT2D eigenvalue weighted by Crippen LogP contribution is 2.40. The molecule has 7 nitrogen and oxygen atoms in total. The number of thiazole rings is 1. The molecule has 0 bridgehead atoms. The van der Waals surface area contributed by atoms with E-state index in [9.17, 15) is 27.6 Å². The van der Waals surface area contributed by atoms with Gasteiger partial charge in [-0.3, -0.25) is 9.69 Å². The standard InChI is InChI=1S/C29H32F3N3O4S2/c1-19-14-20(16-34-10-12-41(38)13-11-34)6-7-22(19)17-39-25-5-3-2-4-23(25)24-18-40-28(33-24)35-9-8-21(27(36)37)15-26(35)29(30,31)32/h2-7,14,18,21,26H,8-13,15-17H2,1H3,(H,36,37). The molecule has 2 aromatic carbocycles. The van der Waals surface area contributed by atoms with Gasteiger partial charge in [-0.25, -0.2) is 4.98 Å². The summed E-state index contributed by atoms with van der Waals surface area (Å²) >= 11 is 0.411. The lowest BCUT2D eigenvalue weighted by molar-refractivity contribution is -0.161. The Hall–Kier alpha value is -2.80. The molecule has 2 aliphatic heterocycles. The van der Waals surface area contributed by atoms with Crippen molar-refractivity contribution < 1.29 is 32.4 Å². The molecule has 0 radical (unpaired) electrons. The highest BCUT2D eigenvalue weighted by Gasteiger charge is 2.49. The monoisotopic (exact) mass is 607 g/mol. The zero-order valence-corrected chi connectivity index (χ0v) is 24.2. The maximum Gasteiger partial charge on any atom is 0.408 e. The van der Waals surface area contributed by atoms with Crippen molar-refractivity contribution in [3.05, 3.63) is 64.5 Å². The molecule has 5 rings (SSSR count). The van der Waals surface area contributed by atoms with Crippen LogP contribution in [0.2, 0.25) is 0 Å². The fourth-order valence-electron chi connectivity index (χ4n) is 5.32. The van der Waals surface area contributed by atoms with Gasteiger partial charge in [-0.2, -0.15) is 13.2 Å². The van der Waals surface area contributed by atoms with E-state index in [0.29, 0.717) is 23.6 Å². The van der Waals surface area contributed by atoms with Gasteiger partial charge in [-0.15, -0.1) is 11.3 Å². The van der Waals surface area contributed by atoms with Gasteiger partial charge in [0.1, 0.15) is 29.9 Å². The number of piperidine rings is 1. The number of para-hydroxylation sites is 1. The minimum Gasteiger partial charge on any atom is -0.616 e. The molecule has 2 unspecified atom stereocenters. The molecule has 0 spiro atoms. The number of alkyl halides is 3. The highest BCUT2D eigenvalue weighted by atomic mass is 32.2. The van der Waals surface area contributed by atoms with Crippen molar-refractivity contribution in [3.8, 4) is 17.0 Å². The number of carbonyl (C=O) groups is 1. The van der Waals surface area contributed by atoms with Crippen LogP contribution in [0.1, 0.15) is 29.5 Å². The number of ether oxygens (including phenoxy) is 1. The lowest BCUT2D eigenvalue weighted by Gasteiger charge is -2.38. The van der Waals surface area contributed by atoms with Gasteiger partial charge in [-0.05, 0) is 48.6 Å². The van der Waals surface area contributed by atoms with Gasteiger partial charge >= 0.3 is 12.1 Å². The molecule has 0 saturated carbocycles. The van der Waals surface area contributed by atoms with E-state index in [2.05, 4.69) is 22.0 Å². The summed E-state index contributed by atoms with van der Waals surface area (Å²) in [5, 5.41) is 11.2. The van der Waals surface area contributed by atoms with E-state index in [-0.39, 0.29) is 18.1 Å². The Morgan fingerprint density at radius 1 is 1.20 bits per heavy atom. The quantitative estimate of drug-likeness (QED) is 0.339. The van der Waals surface area contributed by atoms with E-state index in [1.165, 1.54) is 10.5 Å². The van der Waals surface area contributed by atoms with Crippen molar-refractivity contribution in [2.75, 3.05) is 36.0 Å². The number of carboxylic acid groups (broad SMARTS) is 1. The predicted molar refractivity (Wildman–Crippen MR) is 154 cm³/mol. The number of hydrogen-bond acceptors (Lipinski definition) is 7. The number of aryl methyl sites for hydroxylation is 1. The molecule has 2 aliphatic rings. The van der Waals surface area contributed by atoms with Gasteiger partial charge < -0.3 is 19.3 Å². The second-order valence-corrected chi connectivity index (χ2v) is 13.0. The zero-order chi connectivity index (χ0) is 29.1. The van der Waals surface area contributed by atoms with E-state index >= 15 is 0 Å². The predicted octanol–water partition coefficient (Wildman–Crippen LogP) is 5.49. The summed E-state index contributed by atoms with van der Waals surface area (Å²) in [7, 11) is 0. The molecule has 0 amide bonds. The van der Waals surface area contributed by atoms with Crippen molar-refractivity contribution in [2.45, 2.75) is 45.1 Å². The van der Waals surface area contributed by atoms with E-state index in [1.807, 2.05) is 37.3 Å². The van der Waals surface area contributed by atoms with E-state index < -0.39 is 41.7 Å². The molecular formula is C29H32F3N3O4S2. The summed E-state index contributed by atoms with van der Waals surface area (Å²) in [5.41, 5.74) is 4.50. The molecule has 12 heteroatoms. The van der Waals surface area contributed by atoms with Crippen LogP contribution in [0.3, 0.4) is 0 Å². The first-order valence-corrected chi connectivity index (χ1v) is 15.8. The number of benzene rings is 2. The molecule has 2 fully saturated rings. The van der Waals surface area contributed by atoms with Crippen LogP contribution in [0.5, 0.6) is 5.75 Å². The number of carboxylic acids is 1. The van der Waals surface area contributed by atoms with Gasteiger partial charge in [0, 0.05) is 37.1 Å². The average Bonchev–Trinajstić information content (AvgIpc) is 3.43. The third-order valence-electron chi connectivity index (χ3n) is 7.70. The second kappa shape index (κ2) is 12.6. The maximum absolute atomic E-state index is 13.9. The molecule has 2 saturated heterocycles. The summed E-state index contributed by atoms with van der Waals surface area (Å²) in [6.45, 7) is 4.82. The summed E-state index contributed by atoms with van der Waals surface area (Å²) in [4.78, 5) is 19.4. The van der Waals surface area contributed by atoms with Crippen LogP contribution in [0.4, 0.5) is 18.3 Å². The largest absolute Gasteiger partial charge is 0.616 e. The number of halogens is 3. The lowest BCUT2D eigenvalue weighted by atomic mass is 9.91. The van der Waals surface area contributed by atoms with E-state index in [4.69, 9.17) is 4.74 Å². The van der Waals surface area contributed by atoms with Gasteiger partial charge in [0.15, 0.2) is 5.13 Å². The normalized spacial score (nSPS) is 20.8. The van der Waals surface area contributed by atoms with Crippen LogP contribution in [-0.4, -0.2) is 68.9 Å². The van der Waals surface area contributed by atoms with Gasteiger partial charge in [0.25, 0.3) is 0 Å². The Labute approximate surface area is 244 Å². The highest BCUT2D eigenvalue weighted by molar-refractivity contribution is 7.91. The number of aromatic nitrogens is 1. The first kappa shape index (κ1) is 29.7. The average molecular weight is 608 g/mol. The number of hydrogen-bond donors (Lipinski definition) is 1. The topological polar surface area (TPSA) is 89.0 Å². The van der Waals surface area contributed by atoms with E-state index in [0.717, 1.165) is 53.6 Å². The van der Waals surface area contributed by atoms with Gasteiger partial charge in [-0.1, -0.05) is 41.5 Å². The lowest BCUT2D eigenvalue weighted by Crippen LogP contribution is -2.52. The molecule has 41 heavy (non-hydrogen) atoms. The van der Waals surface area contributed by atoms with Crippen LogP contribution >= 0.6 is 11.3 Å². The van der Waals surface area contributed by atoms with Crippen molar-refractivity contribution in [3.63, 3.8) is 0 Å². The number of rotatable bonds is 8. The first-order valence-electron chi connectivity index (χ1n) is 13.5. The first-order chi connectivity index (χ1) is 19.6. The Kier molecular flexibility index (Phi) is 9.12. The van der Waals surface area contributed by atoms with Gasteiger partial charge in [0.2, 0.25) is 0 Å². The number of aliphatic carboxylic acids is 1. The van der Waals surface area contributed by atoms with Crippen LogP contribution in [-0.2, 0) is 29.1 Å². The molecular weight excluding hydrogens is 575 g/mol. The number of anilines is 1. The molecule has 220 valence electrons. The Morgan fingerprint density at radius 3 is 2.66 bits per heavy atom. The third kappa shape index (κ3) is 7.17. The van der Waals surface area contributed by atoms with Crippen LogP contribution in [0.25, 0.3) is 11.3 Å². The zero-order valence-electron chi connectivity index (χ0n) is 22.6. The minimum atomic E-state index is -4.57. The summed E-state index contributed by atoms with van der Waals surface area (Å²) in [6, 6.07) is 11.7. The van der Waals surface area contributed by atoms with Crippen LogP contribution in [0, 0.1) is 12.8 Å².